The van der Waals surface area contributed by atoms with Gasteiger partial charge < -0.3 is 15.5 Å². The predicted molar refractivity (Wildman–Crippen MR) is 106 cm³/mol. The van der Waals surface area contributed by atoms with E-state index < -0.39 is 0 Å². The van der Waals surface area contributed by atoms with Gasteiger partial charge in [0.15, 0.2) is 0 Å². The minimum Gasteiger partial charge on any atom is -0.378 e. The third kappa shape index (κ3) is 4.39. The lowest BCUT2D eigenvalue weighted by molar-refractivity contribution is 1.13. The maximum absolute atomic E-state index is 6.17. The molecule has 0 spiro atoms. The summed E-state index contributed by atoms with van der Waals surface area (Å²) in [6, 6.07) is 15.7. The molecular formula is C19H20ClN5. The van der Waals surface area contributed by atoms with E-state index in [1.807, 2.05) is 69.6 Å². The van der Waals surface area contributed by atoms with Gasteiger partial charge >= 0.3 is 0 Å². The van der Waals surface area contributed by atoms with Crippen molar-refractivity contribution in [2.45, 2.75) is 6.92 Å². The Labute approximate surface area is 152 Å². The van der Waals surface area contributed by atoms with Crippen LogP contribution in [0.3, 0.4) is 0 Å². The van der Waals surface area contributed by atoms with Gasteiger partial charge in [0.2, 0.25) is 5.95 Å². The van der Waals surface area contributed by atoms with E-state index in [2.05, 4.69) is 25.5 Å². The van der Waals surface area contributed by atoms with Crippen LogP contribution in [0.4, 0.5) is 28.8 Å². The molecule has 2 aromatic carbocycles. The summed E-state index contributed by atoms with van der Waals surface area (Å²) in [4.78, 5) is 10.8. The summed E-state index contributed by atoms with van der Waals surface area (Å²) in [7, 11) is 4.02. The van der Waals surface area contributed by atoms with Crippen molar-refractivity contribution in [3.63, 3.8) is 0 Å². The zero-order valence-corrected chi connectivity index (χ0v) is 15.2. The highest BCUT2D eigenvalue weighted by Crippen LogP contribution is 2.23. The molecule has 1 heterocycles. The van der Waals surface area contributed by atoms with Gasteiger partial charge in [0.25, 0.3) is 0 Å². The summed E-state index contributed by atoms with van der Waals surface area (Å²) in [6.07, 6.45) is 1.71. The first-order valence-corrected chi connectivity index (χ1v) is 8.30. The van der Waals surface area contributed by atoms with Crippen LogP contribution in [0.15, 0.2) is 54.7 Å². The molecule has 3 aromatic rings. The van der Waals surface area contributed by atoms with Crippen LogP contribution in [0.2, 0.25) is 5.02 Å². The van der Waals surface area contributed by atoms with Crippen molar-refractivity contribution >= 4 is 40.4 Å². The second kappa shape index (κ2) is 7.40. The number of benzene rings is 2. The Bertz CT molecular complexity index is 862. The summed E-state index contributed by atoms with van der Waals surface area (Å²) in [5, 5.41) is 7.17. The van der Waals surface area contributed by atoms with Crippen molar-refractivity contribution < 1.29 is 0 Å². The summed E-state index contributed by atoms with van der Waals surface area (Å²) < 4.78 is 0. The van der Waals surface area contributed by atoms with Crippen LogP contribution in [0.25, 0.3) is 0 Å². The lowest BCUT2D eigenvalue weighted by atomic mass is 10.2. The average Bonchev–Trinajstić information content (AvgIpc) is 2.59. The van der Waals surface area contributed by atoms with Crippen LogP contribution in [0, 0.1) is 6.92 Å². The fraction of sp³-hybridized carbons (Fsp3) is 0.158. The molecule has 0 aliphatic heterocycles. The summed E-state index contributed by atoms with van der Waals surface area (Å²) in [6.45, 7) is 1.97. The molecule has 0 bridgehead atoms. The Kier molecular flexibility index (Phi) is 5.05. The van der Waals surface area contributed by atoms with E-state index >= 15 is 0 Å². The summed E-state index contributed by atoms with van der Waals surface area (Å²) in [5.41, 5.74) is 3.99. The molecule has 0 aliphatic carbocycles. The molecule has 2 N–H and O–H groups in total. The second-order valence-corrected chi connectivity index (χ2v) is 6.33. The third-order valence-electron chi connectivity index (χ3n) is 3.74. The first-order valence-electron chi connectivity index (χ1n) is 7.92. The lowest BCUT2D eigenvalue weighted by Crippen LogP contribution is -2.08. The van der Waals surface area contributed by atoms with Crippen LogP contribution < -0.4 is 15.5 Å². The second-order valence-electron chi connectivity index (χ2n) is 5.92. The van der Waals surface area contributed by atoms with Crippen molar-refractivity contribution in [2.24, 2.45) is 0 Å². The maximum Gasteiger partial charge on any atom is 0.229 e. The molecule has 1 aromatic heterocycles. The summed E-state index contributed by atoms with van der Waals surface area (Å²) >= 11 is 6.17. The number of hydrogen-bond donors (Lipinski definition) is 2. The van der Waals surface area contributed by atoms with E-state index in [1.54, 1.807) is 6.20 Å². The van der Waals surface area contributed by atoms with E-state index in [-0.39, 0.29) is 0 Å². The number of nitrogens with one attached hydrogen (secondary N) is 2. The van der Waals surface area contributed by atoms with E-state index in [0.29, 0.717) is 11.8 Å². The van der Waals surface area contributed by atoms with Crippen molar-refractivity contribution in [2.75, 3.05) is 29.6 Å². The van der Waals surface area contributed by atoms with Gasteiger partial charge in [-0.15, -0.1) is 0 Å². The minimum atomic E-state index is 0.529. The fourth-order valence-electron chi connectivity index (χ4n) is 2.28. The number of aromatic nitrogens is 2. The first-order chi connectivity index (χ1) is 12.0. The van der Waals surface area contributed by atoms with Gasteiger partial charge in [0.05, 0.1) is 0 Å². The topological polar surface area (TPSA) is 53.1 Å². The van der Waals surface area contributed by atoms with Gasteiger partial charge in [-0.3, -0.25) is 0 Å². The van der Waals surface area contributed by atoms with Crippen LogP contribution in [0.5, 0.6) is 0 Å². The van der Waals surface area contributed by atoms with E-state index in [0.717, 1.165) is 27.6 Å². The fourth-order valence-corrected chi connectivity index (χ4v) is 2.46. The van der Waals surface area contributed by atoms with Gasteiger partial charge in [-0.25, -0.2) is 4.98 Å². The maximum atomic E-state index is 6.17. The standard InChI is InChI=1S/C19H20ClN5/c1-13-4-5-15(12-17(13)20)22-18-10-11-21-19(24-18)23-14-6-8-16(9-7-14)25(2)3/h4-12H,1-3H3,(H2,21,22,23,24). The largest absolute Gasteiger partial charge is 0.378 e. The molecule has 0 aliphatic rings. The highest BCUT2D eigenvalue weighted by Gasteiger charge is 2.03. The Morgan fingerprint density at radius 2 is 1.64 bits per heavy atom. The Morgan fingerprint density at radius 1 is 0.920 bits per heavy atom. The SMILES string of the molecule is Cc1ccc(Nc2ccnc(Nc3ccc(N(C)C)cc3)n2)cc1Cl. The van der Waals surface area contributed by atoms with Crippen LogP contribution in [-0.2, 0) is 0 Å². The highest BCUT2D eigenvalue weighted by atomic mass is 35.5. The monoisotopic (exact) mass is 353 g/mol. The van der Waals surface area contributed by atoms with Crippen LogP contribution >= 0.6 is 11.6 Å². The predicted octanol–water partition coefficient (Wildman–Crippen LogP) is 4.99. The molecule has 0 saturated heterocycles. The number of aryl methyl sites for hydroxylation is 1. The average molecular weight is 354 g/mol. The number of hydrogen-bond acceptors (Lipinski definition) is 5. The Morgan fingerprint density at radius 3 is 2.32 bits per heavy atom. The van der Waals surface area contributed by atoms with Crippen LogP contribution in [-0.4, -0.2) is 24.1 Å². The summed E-state index contributed by atoms with van der Waals surface area (Å²) in [5.74, 6) is 1.23. The molecule has 0 amide bonds. The first kappa shape index (κ1) is 17.0. The molecule has 25 heavy (non-hydrogen) atoms. The van der Waals surface area contributed by atoms with Crippen molar-refractivity contribution in [3.05, 3.63) is 65.3 Å². The van der Waals surface area contributed by atoms with E-state index in [9.17, 15) is 0 Å². The smallest absolute Gasteiger partial charge is 0.229 e. The number of nitrogens with zero attached hydrogens (tertiary/aromatic N) is 3. The van der Waals surface area contributed by atoms with Crippen LogP contribution in [0.1, 0.15) is 5.56 Å². The van der Waals surface area contributed by atoms with E-state index in [4.69, 9.17) is 11.6 Å². The van der Waals surface area contributed by atoms with Gasteiger partial charge in [0.1, 0.15) is 5.82 Å². The highest BCUT2D eigenvalue weighted by molar-refractivity contribution is 6.31. The molecular weight excluding hydrogens is 334 g/mol. The third-order valence-corrected chi connectivity index (χ3v) is 4.15. The molecule has 0 unspecified atom stereocenters. The van der Waals surface area contributed by atoms with Gasteiger partial charge in [-0.05, 0) is 55.0 Å². The zero-order chi connectivity index (χ0) is 17.8. The minimum absolute atomic E-state index is 0.529. The number of halogens is 1. The molecule has 5 nitrogen and oxygen atoms in total. The van der Waals surface area contributed by atoms with Gasteiger partial charge in [-0.2, -0.15) is 4.98 Å². The van der Waals surface area contributed by atoms with Crippen molar-refractivity contribution in [1.29, 1.82) is 0 Å². The van der Waals surface area contributed by atoms with E-state index in [1.165, 1.54) is 0 Å². The number of anilines is 5. The van der Waals surface area contributed by atoms with Gasteiger partial charge in [-0.1, -0.05) is 17.7 Å². The molecule has 0 saturated carbocycles. The molecule has 128 valence electrons. The quantitative estimate of drug-likeness (QED) is 0.676. The lowest BCUT2D eigenvalue weighted by Gasteiger charge is -2.13. The zero-order valence-electron chi connectivity index (χ0n) is 14.4. The number of rotatable bonds is 5. The Hall–Kier alpha value is -2.79. The van der Waals surface area contributed by atoms with Crippen molar-refractivity contribution in [3.8, 4) is 0 Å². The molecule has 0 atom stereocenters. The molecule has 3 rings (SSSR count). The van der Waals surface area contributed by atoms with Gasteiger partial charge in [0, 0.05) is 42.4 Å². The normalized spacial score (nSPS) is 10.4. The Balaban J connectivity index is 1.73. The molecule has 0 radical (unpaired) electrons. The van der Waals surface area contributed by atoms with Crippen molar-refractivity contribution in [1.82, 2.24) is 9.97 Å². The molecule has 6 heteroatoms. The molecule has 0 fully saturated rings.